The van der Waals surface area contributed by atoms with E-state index in [4.69, 9.17) is 0 Å². The lowest BCUT2D eigenvalue weighted by atomic mass is 9.84. The number of halogens is 5. The summed E-state index contributed by atoms with van der Waals surface area (Å²) in [6, 6.07) is 0.402. The maximum atomic E-state index is 13.3. The molecule has 0 aliphatic heterocycles. The molecule has 1 unspecified atom stereocenters. The average Bonchev–Trinajstić information content (AvgIpc) is 2.51. The van der Waals surface area contributed by atoms with Crippen molar-refractivity contribution in [2.75, 3.05) is 14.2 Å². The van der Waals surface area contributed by atoms with Gasteiger partial charge in [0, 0.05) is 0 Å². The summed E-state index contributed by atoms with van der Waals surface area (Å²) in [6.07, 6.45) is -8.54. The molecule has 1 aromatic rings. The number of esters is 2. The van der Waals surface area contributed by atoms with Gasteiger partial charge in [0.1, 0.15) is 11.4 Å². The van der Waals surface area contributed by atoms with Crippen LogP contribution in [0.25, 0.3) is 0 Å². The van der Waals surface area contributed by atoms with Crippen LogP contribution in [-0.2, 0) is 20.4 Å². The molecule has 1 atom stereocenters. The van der Waals surface area contributed by atoms with Gasteiger partial charge in [0.05, 0.1) is 25.7 Å². The molecule has 0 bridgehead atoms. The van der Waals surface area contributed by atoms with Crippen molar-refractivity contribution >= 4 is 11.9 Å². The average molecular weight is 369 g/mol. The van der Waals surface area contributed by atoms with Gasteiger partial charge < -0.3 is 9.47 Å². The third-order valence-electron chi connectivity index (χ3n) is 3.42. The lowest BCUT2D eigenvalue weighted by molar-refractivity contribution is -0.144. The highest BCUT2D eigenvalue weighted by Crippen LogP contribution is 2.38. The molecule has 1 heterocycles. The second-order valence-electron chi connectivity index (χ2n) is 5.39. The highest BCUT2D eigenvalue weighted by atomic mass is 19.4. The minimum absolute atomic E-state index is 0.402. The molecule has 1 rings (SSSR count). The second kappa shape index (κ2) is 7.75. The van der Waals surface area contributed by atoms with Crippen molar-refractivity contribution in [3.63, 3.8) is 0 Å². The molecule has 25 heavy (non-hydrogen) atoms. The van der Waals surface area contributed by atoms with E-state index in [-0.39, 0.29) is 0 Å². The summed E-state index contributed by atoms with van der Waals surface area (Å²) < 4.78 is 74.6. The van der Waals surface area contributed by atoms with Crippen LogP contribution in [-0.4, -0.2) is 31.1 Å². The molecule has 0 aromatic carbocycles. The van der Waals surface area contributed by atoms with Crippen LogP contribution in [0.2, 0.25) is 0 Å². The van der Waals surface area contributed by atoms with Gasteiger partial charge in [-0.3, -0.25) is 4.79 Å². The molecule has 0 aliphatic carbocycles. The largest absolute Gasteiger partial charge is 0.469 e. The maximum Gasteiger partial charge on any atom is 0.433 e. The minimum Gasteiger partial charge on any atom is -0.469 e. The Kier molecular flexibility index (Phi) is 6.44. The Labute approximate surface area is 140 Å². The van der Waals surface area contributed by atoms with Crippen molar-refractivity contribution in [2.45, 2.75) is 32.4 Å². The molecule has 0 saturated heterocycles. The molecule has 5 nitrogen and oxygen atoms in total. The molecule has 0 fully saturated rings. The van der Waals surface area contributed by atoms with E-state index in [1.54, 1.807) is 0 Å². The van der Waals surface area contributed by atoms with Gasteiger partial charge in [0.2, 0.25) is 0 Å². The number of nitrogens with zero attached hydrogens (tertiary/aromatic N) is 1. The van der Waals surface area contributed by atoms with Crippen LogP contribution in [0.4, 0.5) is 22.0 Å². The third kappa shape index (κ3) is 4.43. The Hall–Kier alpha value is -2.26. The van der Waals surface area contributed by atoms with Gasteiger partial charge in [-0.25, -0.2) is 18.6 Å². The molecular formula is C15H16F5NO4. The van der Waals surface area contributed by atoms with Gasteiger partial charge in [-0.15, -0.1) is 0 Å². The van der Waals surface area contributed by atoms with Crippen molar-refractivity contribution in [1.29, 1.82) is 0 Å². The number of hydrogen-bond acceptors (Lipinski definition) is 5. The highest BCUT2D eigenvalue weighted by Gasteiger charge is 2.40. The topological polar surface area (TPSA) is 65.5 Å². The minimum atomic E-state index is -5.05. The van der Waals surface area contributed by atoms with Gasteiger partial charge in [-0.1, -0.05) is 13.8 Å². The number of ether oxygens (including phenoxy) is 2. The van der Waals surface area contributed by atoms with E-state index in [1.165, 1.54) is 13.8 Å². The summed E-state index contributed by atoms with van der Waals surface area (Å²) in [5.74, 6) is -4.33. The zero-order valence-electron chi connectivity index (χ0n) is 13.8. The molecule has 0 N–H and O–H groups in total. The number of alkyl halides is 5. The standard InChI is InChI=1S/C15H16F5NO4/c1-6(2)9(13(22)24-3)7-5-8(15(18,19)20)21-11(12(16)17)10(7)14(23)25-4/h5-6,9,12H,1-4H3. The second-order valence-corrected chi connectivity index (χ2v) is 5.39. The molecule has 0 amide bonds. The molecule has 1 aromatic heterocycles. The Balaban J connectivity index is 3.90. The fourth-order valence-corrected chi connectivity index (χ4v) is 2.34. The Morgan fingerprint density at radius 1 is 1.12 bits per heavy atom. The number of carbonyl (C=O) groups excluding carboxylic acids is 2. The van der Waals surface area contributed by atoms with Gasteiger partial charge >= 0.3 is 18.1 Å². The van der Waals surface area contributed by atoms with Crippen LogP contribution in [0, 0.1) is 5.92 Å². The Morgan fingerprint density at radius 2 is 1.68 bits per heavy atom. The summed E-state index contributed by atoms with van der Waals surface area (Å²) in [5.41, 5.74) is -4.47. The molecule has 0 saturated carbocycles. The van der Waals surface area contributed by atoms with E-state index >= 15 is 0 Å². The quantitative estimate of drug-likeness (QED) is 0.584. The van der Waals surface area contributed by atoms with Crippen molar-refractivity contribution in [1.82, 2.24) is 4.98 Å². The lowest BCUT2D eigenvalue weighted by Crippen LogP contribution is -2.26. The fraction of sp³-hybridized carbons (Fsp3) is 0.533. The number of pyridine rings is 1. The monoisotopic (exact) mass is 369 g/mol. The molecule has 0 spiro atoms. The van der Waals surface area contributed by atoms with E-state index in [1.807, 2.05) is 0 Å². The number of carbonyl (C=O) groups is 2. The molecular weight excluding hydrogens is 353 g/mol. The first-order chi connectivity index (χ1) is 11.4. The van der Waals surface area contributed by atoms with E-state index in [0.717, 1.165) is 14.2 Å². The summed E-state index contributed by atoms with van der Waals surface area (Å²) in [5, 5.41) is 0. The first-order valence-electron chi connectivity index (χ1n) is 7.01. The molecule has 0 aliphatic rings. The van der Waals surface area contributed by atoms with Crippen molar-refractivity contribution in [3.8, 4) is 0 Å². The van der Waals surface area contributed by atoms with Crippen LogP contribution in [0.15, 0.2) is 6.07 Å². The van der Waals surface area contributed by atoms with Gasteiger partial charge in [-0.2, -0.15) is 13.2 Å². The summed E-state index contributed by atoms with van der Waals surface area (Å²) in [4.78, 5) is 26.8. The summed E-state index contributed by atoms with van der Waals surface area (Å²) in [6.45, 7) is 2.94. The van der Waals surface area contributed by atoms with Crippen LogP contribution in [0.3, 0.4) is 0 Å². The summed E-state index contributed by atoms with van der Waals surface area (Å²) >= 11 is 0. The van der Waals surface area contributed by atoms with Crippen molar-refractivity contribution in [2.24, 2.45) is 5.92 Å². The highest BCUT2D eigenvalue weighted by molar-refractivity contribution is 5.95. The van der Waals surface area contributed by atoms with E-state index in [9.17, 15) is 31.5 Å². The van der Waals surface area contributed by atoms with Crippen LogP contribution < -0.4 is 0 Å². The van der Waals surface area contributed by atoms with E-state index < -0.39 is 58.9 Å². The smallest absolute Gasteiger partial charge is 0.433 e. The zero-order valence-corrected chi connectivity index (χ0v) is 13.8. The first-order valence-corrected chi connectivity index (χ1v) is 7.01. The first kappa shape index (κ1) is 20.8. The Bertz CT molecular complexity index is 658. The predicted octanol–water partition coefficient (Wildman–Crippen LogP) is 3.74. The third-order valence-corrected chi connectivity index (χ3v) is 3.42. The Morgan fingerprint density at radius 3 is 2.04 bits per heavy atom. The maximum absolute atomic E-state index is 13.3. The van der Waals surface area contributed by atoms with E-state index in [0.29, 0.717) is 6.07 Å². The molecule has 10 heteroatoms. The molecule has 0 radical (unpaired) electrons. The van der Waals surface area contributed by atoms with Crippen molar-refractivity contribution < 1.29 is 41.0 Å². The lowest BCUT2D eigenvalue weighted by Gasteiger charge is -2.23. The SMILES string of the molecule is COC(=O)c1c(C(C(=O)OC)C(C)C)cc(C(F)(F)F)nc1C(F)F. The van der Waals surface area contributed by atoms with Crippen LogP contribution >= 0.6 is 0 Å². The van der Waals surface area contributed by atoms with Gasteiger partial charge in [0.25, 0.3) is 6.43 Å². The van der Waals surface area contributed by atoms with Crippen LogP contribution in [0.5, 0.6) is 0 Å². The van der Waals surface area contributed by atoms with Gasteiger partial charge in [-0.05, 0) is 17.5 Å². The molecule has 140 valence electrons. The van der Waals surface area contributed by atoms with Crippen LogP contribution in [0.1, 0.15) is 53.5 Å². The fourth-order valence-electron chi connectivity index (χ4n) is 2.34. The number of hydrogen-bond donors (Lipinski definition) is 0. The predicted molar refractivity (Wildman–Crippen MR) is 75.1 cm³/mol. The normalized spacial score (nSPS) is 13.1. The number of aromatic nitrogens is 1. The van der Waals surface area contributed by atoms with E-state index in [2.05, 4.69) is 14.5 Å². The van der Waals surface area contributed by atoms with Crippen molar-refractivity contribution in [3.05, 3.63) is 28.6 Å². The number of methoxy groups -OCH3 is 2. The summed E-state index contributed by atoms with van der Waals surface area (Å²) in [7, 11) is 1.87. The zero-order chi connectivity index (χ0) is 19.5. The van der Waals surface area contributed by atoms with Gasteiger partial charge in [0.15, 0.2) is 0 Å². The number of rotatable bonds is 5.